The van der Waals surface area contributed by atoms with Crippen LogP contribution < -0.4 is 4.72 Å². The first kappa shape index (κ1) is 28.3. The van der Waals surface area contributed by atoms with Gasteiger partial charge in [0.2, 0.25) is 19.7 Å². The van der Waals surface area contributed by atoms with Gasteiger partial charge >= 0.3 is 15.5 Å². The number of rotatable bonds is 7. The molecular weight excluding hydrogens is 560 g/mol. The van der Waals surface area contributed by atoms with Gasteiger partial charge in [-0.05, 0) is 55.0 Å². The fourth-order valence-electron chi connectivity index (χ4n) is 3.22. The summed E-state index contributed by atoms with van der Waals surface area (Å²) in [6.45, 7) is 1.10. The van der Waals surface area contributed by atoms with E-state index in [0.29, 0.717) is 0 Å². The largest absolute Gasteiger partial charge is 0.511 e. The Morgan fingerprint density at radius 1 is 0.811 bits per heavy atom. The summed E-state index contributed by atoms with van der Waals surface area (Å²) in [5.41, 5.74) is -5.79. The van der Waals surface area contributed by atoms with Crippen molar-refractivity contribution in [3.63, 3.8) is 0 Å². The summed E-state index contributed by atoms with van der Waals surface area (Å²) in [6.07, 6.45) is 0. The molecule has 0 aliphatic carbocycles. The minimum atomic E-state index is -5.68. The number of alkyl halides is 3. The van der Waals surface area contributed by atoms with Gasteiger partial charge in [0.05, 0.1) is 26.3 Å². The summed E-state index contributed by atoms with van der Waals surface area (Å²) >= 11 is 0. The molecule has 0 aromatic heterocycles. The maximum absolute atomic E-state index is 14.3. The Balaban J connectivity index is 2.09. The van der Waals surface area contributed by atoms with Gasteiger partial charge in [-0.2, -0.15) is 18.4 Å². The molecule has 0 saturated heterocycles. The summed E-state index contributed by atoms with van der Waals surface area (Å²) < 4.78 is 129. The number of hydrogen-bond acceptors (Lipinski definition) is 7. The van der Waals surface area contributed by atoms with Gasteiger partial charge < -0.3 is 0 Å². The van der Waals surface area contributed by atoms with Crippen LogP contribution in [0.1, 0.15) is 24.1 Å². The molecule has 0 fully saturated rings. The topological polar surface area (TPSA) is 138 Å². The Morgan fingerprint density at radius 3 is 1.95 bits per heavy atom. The molecule has 0 bridgehead atoms. The molecule has 0 saturated carbocycles. The van der Waals surface area contributed by atoms with Crippen LogP contribution in [0.3, 0.4) is 0 Å². The molecule has 0 aliphatic heterocycles. The molecule has 0 heterocycles. The van der Waals surface area contributed by atoms with E-state index in [-0.39, 0.29) is 11.1 Å². The molecule has 0 aliphatic rings. The first-order valence-electron chi connectivity index (χ1n) is 10.00. The van der Waals surface area contributed by atoms with E-state index in [1.165, 1.54) is 16.9 Å². The lowest BCUT2D eigenvalue weighted by Gasteiger charge is -2.17. The second kappa shape index (κ2) is 9.86. The van der Waals surface area contributed by atoms with Crippen LogP contribution in [-0.4, -0.2) is 30.8 Å². The first-order chi connectivity index (χ1) is 17.0. The average Bonchev–Trinajstić information content (AvgIpc) is 2.82. The number of nitriles is 1. The van der Waals surface area contributed by atoms with Crippen molar-refractivity contribution >= 4 is 29.7 Å². The highest BCUT2D eigenvalue weighted by Crippen LogP contribution is 2.33. The van der Waals surface area contributed by atoms with Crippen molar-refractivity contribution in [2.75, 3.05) is 0 Å². The van der Waals surface area contributed by atoms with Gasteiger partial charge in [-0.1, -0.05) is 24.3 Å². The van der Waals surface area contributed by atoms with Crippen LogP contribution in [0, 0.1) is 17.1 Å². The molecule has 8 nitrogen and oxygen atoms in total. The zero-order valence-electron chi connectivity index (χ0n) is 18.6. The normalized spacial score (nSPS) is 13.6. The Bertz CT molecular complexity index is 1710. The highest BCUT2D eigenvalue weighted by atomic mass is 32.2. The standard InChI is InChI=1S/C22H16F4N2O6S3/c1-14(28-37(33,34)22(24,25)26)16-7-9-17(10-8-16)35(29,30)20-11-6-15(13-27)12-21(20)36(31,32)19-5-3-2-4-18(19)23/h2-12,14,28H,1H3/t14-/m0/s1. The van der Waals surface area contributed by atoms with Crippen LogP contribution in [0.15, 0.2) is 86.3 Å². The predicted molar refractivity (Wildman–Crippen MR) is 121 cm³/mol. The summed E-state index contributed by atoms with van der Waals surface area (Å²) in [6, 6.07) is 11.2. The van der Waals surface area contributed by atoms with E-state index in [9.17, 15) is 48.1 Å². The SMILES string of the molecule is C[C@H](NS(=O)(=O)C(F)(F)F)c1ccc(S(=O)(=O)c2ccc(C#N)cc2S(=O)(=O)c2ccccc2F)cc1. The van der Waals surface area contributed by atoms with Crippen molar-refractivity contribution in [3.8, 4) is 6.07 Å². The second-order valence-electron chi connectivity index (χ2n) is 7.57. The lowest BCUT2D eigenvalue weighted by Crippen LogP contribution is -2.37. The van der Waals surface area contributed by atoms with Crippen LogP contribution in [-0.2, 0) is 29.7 Å². The molecule has 3 rings (SSSR count). The van der Waals surface area contributed by atoms with Crippen LogP contribution in [0.25, 0.3) is 0 Å². The third kappa shape index (κ3) is 5.52. The molecule has 1 atom stereocenters. The molecule has 0 spiro atoms. The number of hydrogen-bond donors (Lipinski definition) is 1. The maximum Gasteiger partial charge on any atom is 0.511 e. The second-order valence-corrected chi connectivity index (χ2v) is 13.1. The van der Waals surface area contributed by atoms with Crippen molar-refractivity contribution < 1.29 is 42.8 Å². The summed E-state index contributed by atoms with van der Waals surface area (Å²) in [4.78, 5) is -2.93. The van der Waals surface area contributed by atoms with Gasteiger partial charge in [-0.25, -0.2) is 34.4 Å². The van der Waals surface area contributed by atoms with Gasteiger partial charge in [0.15, 0.2) is 0 Å². The van der Waals surface area contributed by atoms with Crippen LogP contribution in [0.4, 0.5) is 17.6 Å². The highest BCUT2D eigenvalue weighted by molar-refractivity contribution is 7.94. The minimum Gasteiger partial charge on any atom is -0.218 e. The van der Waals surface area contributed by atoms with Crippen molar-refractivity contribution in [2.24, 2.45) is 0 Å². The van der Waals surface area contributed by atoms with E-state index in [2.05, 4.69) is 0 Å². The van der Waals surface area contributed by atoms with Crippen molar-refractivity contribution in [3.05, 3.63) is 83.7 Å². The molecule has 0 unspecified atom stereocenters. The summed E-state index contributed by atoms with van der Waals surface area (Å²) in [5, 5.41) is 9.19. The van der Waals surface area contributed by atoms with E-state index in [4.69, 9.17) is 0 Å². The quantitative estimate of drug-likeness (QED) is 0.422. The van der Waals surface area contributed by atoms with E-state index in [1.807, 2.05) is 0 Å². The van der Waals surface area contributed by atoms with Gasteiger partial charge in [0, 0.05) is 6.04 Å². The molecule has 15 heteroatoms. The Kier molecular flexibility index (Phi) is 7.53. The smallest absolute Gasteiger partial charge is 0.218 e. The lowest BCUT2D eigenvalue weighted by atomic mass is 10.1. The lowest BCUT2D eigenvalue weighted by molar-refractivity contribution is -0.0450. The van der Waals surface area contributed by atoms with Crippen LogP contribution in [0.2, 0.25) is 0 Å². The first-order valence-corrected chi connectivity index (χ1v) is 14.4. The minimum absolute atomic E-state index is 0.0224. The molecular formula is C22H16F4N2O6S3. The number of sulfone groups is 2. The number of nitrogens with one attached hydrogen (secondary N) is 1. The third-order valence-corrected chi connectivity index (χ3v) is 10.2. The summed E-state index contributed by atoms with van der Waals surface area (Å²) in [7, 11) is -15.1. The van der Waals surface area contributed by atoms with E-state index in [1.54, 1.807) is 6.07 Å². The number of halogens is 4. The van der Waals surface area contributed by atoms with Gasteiger partial charge in [0.1, 0.15) is 10.7 Å². The maximum atomic E-state index is 14.3. The highest BCUT2D eigenvalue weighted by Gasteiger charge is 2.46. The zero-order chi connectivity index (χ0) is 27.8. The van der Waals surface area contributed by atoms with E-state index < -0.39 is 66.6 Å². The molecule has 0 amide bonds. The average molecular weight is 577 g/mol. The summed E-state index contributed by atoms with van der Waals surface area (Å²) in [5.74, 6) is -1.15. The number of benzene rings is 3. The molecule has 0 radical (unpaired) electrons. The molecule has 37 heavy (non-hydrogen) atoms. The Hall–Kier alpha value is -3.32. The Labute approximate surface area is 210 Å². The van der Waals surface area contributed by atoms with E-state index >= 15 is 0 Å². The number of nitrogens with zero attached hydrogens (tertiary/aromatic N) is 1. The van der Waals surface area contributed by atoms with Crippen molar-refractivity contribution in [2.45, 2.75) is 38.1 Å². The fraction of sp³-hybridized carbons (Fsp3) is 0.136. The monoisotopic (exact) mass is 576 g/mol. The van der Waals surface area contributed by atoms with Gasteiger partial charge in [-0.15, -0.1) is 0 Å². The molecule has 3 aromatic carbocycles. The zero-order valence-corrected chi connectivity index (χ0v) is 21.0. The van der Waals surface area contributed by atoms with Crippen LogP contribution >= 0.6 is 0 Å². The number of sulfonamides is 1. The van der Waals surface area contributed by atoms with Crippen LogP contribution in [0.5, 0.6) is 0 Å². The third-order valence-electron chi connectivity index (χ3n) is 5.11. The van der Waals surface area contributed by atoms with Crippen molar-refractivity contribution in [1.82, 2.24) is 4.72 Å². The Morgan fingerprint density at radius 2 is 1.41 bits per heavy atom. The molecule has 3 aromatic rings. The van der Waals surface area contributed by atoms with Gasteiger partial charge in [0.25, 0.3) is 0 Å². The molecule has 196 valence electrons. The van der Waals surface area contributed by atoms with Gasteiger partial charge in [-0.3, -0.25) is 0 Å². The predicted octanol–water partition coefficient (Wildman–Crippen LogP) is 3.86. The van der Waals surface area contributed by atoms with E-state index in [0.717, 1.165) is 61.5 Å². The molecule has 1 N–H and O–H groups in total. The fourth-order valence-corrected chi connectivity index (χ4v) is 7.37. The van der Waals surface area contributed by atoms with Crippen molar-refractivity contribution in [1.29, 1.82) is 5.26 Å².